The van der Waals surface area contributed by atoms with Crippen LogP contribution in [0.4, 0.5) is 5.82 Å². The molecule has 1 saturated carbocycles. The van der Waals surface area contributed by atoms with Crippen molar-refractivity contribution < 1.29 is 0 Å². The van der Waals surface area contributed by atoms with Gasteiger partial charge in [0.25, 0.3) is 0 Å². The van der Waals surface area contributed by atoms with Crippen molar-refractivity contribution >= 4 is 5.82 Å². The molecular weight excluding hydrogens is 186 g/mol. The normalized spacial score (nSPS) is 27.1. The Kier molecular flexibility index (Phi) is 2.98. The largest absolute Gasteiger partial charge is 0.384 e. The number of nitrogens with zero attached hydrogens (tertiary/aromatic N) is 2. The Labute approximate surface area is 91.7 Å². The summed E-state index contributed by atoms with van der Waals surface area (Å²) in [5, 5.41) is 4.30. The molecule has 1 aliphatic rings. The molecule has 3 nitrogen and oxygen atoms in total. The number of hydrogen-bond donors (Lipinski definition) is 1. The molecule has 1 aromatic rings. The Morgan fingerprint density at radius 1 is 1.33 bits per heavy atom. The Bertz CT molecular complexity index is 308. The summed E-state index contributed by atoms with van der Waals surface area (Å²) in [7, 11) is 0. The van der Waals surface area contributed by atoms with Crippen LogP contribution < -0.4 is 5.73 Å². The van der Waals surface area contributed by atoms with Crippen LogP contribution in [0.25, 0.3) is 0 Å². The van der Waals surface area contributed by atoms with Crippen LogP contribution >= 0.6 is 0 Å². The average molecular weight is 207 g/mol. The van der Waals surface area contributed by atoms with Crippen LogP contribution in [0, 0.1) is 11.8 Å². The summed E-state index contributed by atoms with van der Waals surface area (Å²) in [6.45, 7) is 4.65. The number of rotatable bonds is 2. The maximum Gasteiger partial charge on any atom is 0.121 e. The van der Waals surface area contributed by atoms with Crippen molar-refractivity contribution in [3.05, 3.63) is 12.3 Å². The molecule has 3 heteroatoms. The van der Waals surface area contributed by atoms with Crippen LogP contribution in [-0.2, 0) is 0 Å². The summed E-state index contributed by atoms with van der Waals surface area (Å²) in [5.41, 5.74) is 5.87. The van der Waals surface area contributed by atoms with Gasteiger partial charge in [0.05, 0.1) is 12.2 Å². The Balaban J connectivity index is 1.97. The number of aromatic nitrogens is 2. The highest BCUT2D eigenvalue weighted by Gasteiger charge is 2.25. The van der Waals surface area contributed by atoms with Gasteiger partial charge in [-0.3, -0.25) is 0 Å². The van der Waals surface area contributed by atoms with Gasteiger partial charge in [0.2, 0.25) is 0 Å². The number of nitrogen functional groups attached to an aromatic ring is 1. The first-order chi connectivity index (χ1) is 7.18. The van der Waals surface area contributed by atoms with Gasteiger partial charge in [-0.25, -0.2) is 4.68 Å². The lowest BCUT2D eigenvalue weighted by Crippen LogP contribution is -2.22. The molecule has 0 atom stereocenters. The zero-order valence-electron chi connectivity index (χ0n) is 9.69. The Morgan fingerprint density at radius 2 is 2.00 bits per heavy atom. The molecular formula is C12H21N3. The van der Waals surface area contributed by atoms with Gasteiger partial charge in [0.15, 0.2) is 0 Å². The minimum atomic E-state index is 0.537. The van der Waals surface area contributed by atoms with Gasteiger partial charge in [-0.15, -0.1) is 0 Å². The first-order valence-electron chi connectivity index (χ1n) is 5.97. The van der Waals surface area contributed by atoms with Crippen molar-refractivity contribution in [1.82, 2.24) is 9.78 Å². The van der Waals surface area contributed by atoms with E-state index >= 15 is 0 Å². The fourth-order valence-corrected chi connectivity index (χ4v) is 2.64. The van der Waals surface area contributed by atoms with Crippen molar-refractivity contribution in [2.45, 2.75) is 45.6 Å². The van der Waals surface area contributed by atoms with E-state index in [0.29, 0.717) is 6.04 Å². The van der Waals surface area contributed by atoms with Crippen molar-refractivity contribution in [1.29, 1.82) is 0 Å². The van der Waals surface area contributed by atoms with E-state index in [2.05, 4.69) is 18.9 Å². The highest BCUT2D eigenvalue weighted by molar-refractivity contribution is 5.26. The van der Waals surface area contributed by atoms with E-state index in [1.807, 2.05) is 10.7 Å². The molecule has 1 heterocycles. The molecule has 0 spiro atoms. The van der Waals surface area contributed by atoms with E-state index in [1.54, 1.807) is 6.20 Å². The van der Waals surface area contributed by atoms with E-state index in [9.17, 15) is 0 Å². The Morgan fingerprint density at radius 3 is 2.47 bits per heavy atom. The molecule has 0 unspecified atom stereocenters. The highest BCUT2D eigenvalue weighted by Crippen LogP contribution is 2.36. The molecule has 1 fully saturated rings. The molecule has 0 aromatic carbocycles. The van der Waals surface area contributed by atoms with Gasteiger partial charge in [-0.1, -0.05) is 13.8 Å². The van der Waals surface area contributed by atoms with Crippen LogP contribution in [0.2, 0.25) is 0 Å². The van der Waals surface area contributed by atoms with Crippen molar-refractivity contribution in [3.63, 3.8) is 0 Å². The van der Waals surface area contributed by atoms with Crippen LogP contribution in [0.5, 0.6) is 0 Å². The van der Waals surface area contributed by atoms with E-state index in [0.717, 1.165) is 17.7 Å². The highest BCUT2D eigenvalue weighted by atomic mass is 15.3. The molecule has 0 aliphatic heterocycles. The van der Waals surface area contributed by atoms with Gasteiger partial charge in [0.1, 0.15) is 5.82 Å². The van der Waals surface area contributed by atoms with E-state index in [4.69, 9.17) is 5.73 Å². The molecule has 2 N–H and O–H groups in total. The minimum absolute atomic E-state index is 0.537. The summed E-state index contributed by atoms with van der Waals surface area (Å²) in [5.74, 6) is 2.53. The summed E-state index contributed by atoms with van der Waals surface area (Å²) in [6.07, 6.45) is 6.90. The second-order valence-corrected chi connectivity index (χ2v) is 5.01. The lowest BCUT2D eigenvalue weighted by Gasteiger charge is -2.31. The monoisotopic (exact) mass is 207 g/mol. The molecule has 84 valence electrons. The molecule has 0 radical (unpaired) electrons. The van der Waals surface area contributed by atoms with Gasteiger partial charge in [-0.05, 0) is 43.6 Å². The fourth-order valence-electron chi connectivity index (χ4n) is 2.64. The molecule has 1 aromatic heterocycles. The number of hydrogen-bond acceptors (Lipinski definition) is 2. The Hall–Kier alpha value is -0.990. The van der Waals surface area contributed by atoms with Crippen LogP contribution in [0.15, 0.2) is 12.3 Å². The maximum absolute atomic E-state index is 5.87. The number of nitrogens with two attached hydrogens (primary N) is 1. The number of anilines is 1. The van der Waals surface area contributed by atoms with Gasteiger partial charge in [0, 0.05) is 0 Å². The first-order valence-corrected chi connectivity index (χ1v) is 5.97. The van der Waals surface area contributed by atoms with Gasteiger partial charge < -0.3 is 5.73 Å². The van der Waals surface area contributed by atoms with Crippen molar-refractivity contribution in [2.75, 3.05) is 5.73 Å². The molecule has 1 aliphatic carbocycles. The topological polar surface area (TPSA) is 43.8 Å². The van der Waals surface area contributed by atoms with Crippen molar-refractivity contribution in [3.8, 4) is 0 Å². The standard InChI is InChI=1S/C12H21N3/c1-9(2)10-3-5-11(6-4-10)15-12(13)7-8-14-15/h7-11H,3-6,13H2,1-2H3. The summed E-state index contributed by atoms with van der Waals surface area (Å²) in [4.78, 5) is 0. The second-order valence-electron chi connectivity index (χ2n) is 5.01. The quantitative estimate of drug-likeness (QED) is 0.810. The van der Waals surface area contributed by atoms with Crippen LogP contribution in [-0.4, -0.2) is 9.78 Å². The minimum Gasteiger partial charge on any atom is -0.384 e. The van der Waals surface area contributed by atoms with Crippen molar-refractivity contribution in [2.24, 2.45) is 11.8 Å². The van der Waals surface area contributed by atoms with Crippen LogP contribution in [0.3, 0.4) is 0 Å². The SMILES string of the molecule is CC(C)C1CCC(n2nccc2N)CC1. The maximum atomic E-state index is 5.87. The lowest BCUT2D eigenvalue weighted by atomic mass is 9.80. The summed E-state index contributed by atoms with van der Waals surface area (Å²) in [6, 6.07) is 2.42. The smallest absolute Gasteiger partial charge is 0.121 e. The van der Waals surface area contributed by atoms with E-state index in [-0.39, 0.29) is 0 Å². The molecule has 0 amide bonds. The van der Waals surface area contributed by atoms with E-state index in [1.165, 1.54) is 25.7 Å². The predicted molar refractivity (Wildman–Crippen MR) is 62.5 cm³/mol. The summed E-state index contributed by atoms with van der Waals surface area (Å²) < 4.78 is 2.00. The summed E-state index contributed by atoms with van der Waals surface area (Å²) >= 11 is 0. The molecule has 0 saturated heterocycles. The molecule has 2 rings (SSSR count). The average Bonchev–Trinajstić information content (AvgIpc) is 2.65. The predicted octanol–water partition coefficient (Wildman–Crippen LogP) is 2.85. The third-order valence-corrected chi connectivity index (χ3v) is 3.73. The van der Waals surface area contributed by atoms with E-state index < -0.39 is 0 Å². The lowest BCUT2D eigenvalue weighted by molar-refractivity contribution is 0.218. The zero-order valence-corrected chi connectivity index (χ0v) is 9.69. The molecule has 0 bridgehead atoms. The van der Waals surface area contributed by atoms with Crippen LogP contribution in [0.1, 0.15) is 45.6 Å². The third kappa shape index (κ3) is 2.16. The van der Waals surface area contributed by atoms with Gasteiger partial charge >= 0.3 is 0 Å². The molecule has 15 heavy (non-hydrogen) atoms. The zero-order chi connectivity index (χ0) is 10.8. The fraction of sp³-hybridized carbons (Fsp3) is 0.750. The third-order valence-electron chi connectivity index (χ3n) is 3.73. The van der Waals surface area contributed by atoms with Gasteiger partial charge in [-0.2, -0.15) is 5.10 Å². The second kappa shape index (κ2) is 4.25. The first kappa shape index (κ1) is 10.5.